The third kappa shape index (κ3) is 2.94. The quantitative estimate of drug-likeness (QED) is 0.770. The molecule has 1 aliphatic rings. The molecule has 98 valence electrons. The molecular weight excluding hydrogens is 254 g/mol. The summed E-state index contributed by atoms with van der Waals surface area (Å²) < 4.78 is 0. The SMILES string of the molecule is O=C(N[C@@H]1CCCC[C@H]1O)c1cc(Cl)ccc1O. The number of aliphatic hydroxyl groups excluding tert-OH is 1. The molecule has 0 aliphatic heterocycles. The average Bonchev–Trinajstić information content (AvgIpc) is 2.35. The highest BCUT2D eigenvalue weighted by molar-refractivity contribution is 6.31. The molecule has 0 radical (unpaired) electrons. The Bertz CT molecular complexity index is 450. The van der Waals surface area contributed by atoms with E-state index in [9.17, 15) is 15.0 Å². The summed E-state index contributed by atoms with van der Waals surface area (Å²) in [5.74, 6) is -0.511. The van der Waals surface area contributed by atoms with Gasteiger partial charge in [-0.05, 0) is 31.0 Å². The Balaban J connectivity index is 2.09. The van der Waals surface area contributed by atoms with E-state index in [1.54, 1.807) is 0 Å². The zero-order valence-electron chi connectivity index (χ0n) is 9.90. The number of phenols is 1. The molecule has 1 aromatic carbocycles. The molecule has 0 heterocycles. The van der Waals surface area contributed by atoms with E-state index in [2.05, 4.69) is 5.32 Å². The van der Waals surface area contributed by atoms with Gasteiger partial charge in [-0.2, -0.15) is 0 Å². The summed E-state index contributed by atoms with van der Waals surface area (Å²) in [7, 11) is 0. The van der Waals surface area contributed by atoms with Crippen LogP contribution in [0.4, 0.5) is 0 Å². The molecule has 0 bridgehead atoms. The highest BCUT2D eigenvalue weighted by Crippen LogP contribution is 2.23. The number of phenolic OH excluding ortho intramolecular Hbond substituents is 1. The summed E-state index contributed by atoms with van der Waals surface area (Å²) in [6, 6.07) is 4.07. The van der Waals surface area contributed by atoms with Gasteiger partial charge in [-0.25, -0.2) is 0 Å². The number of benzene rings is 1. The Labute approximate surface area is 111 Å². The van der Waals surface area contributed by atoms with Crippen molar-refractivity contribution in [3.8, 4) is 5.75 Å². The predicted octanol–water partition coefficient (Wildman–Crippen LogP) is 2.08. The van der Waals surface area contributed by atoms with Crippen molar-refractivity contribution in [2.24, 2.45) is 0 Å². The second-order valence-electron chi connectivity index (χ2n) is 4.59. The number of carbonyl (C=O) groups excluding carboxylic acids is 1. The highest BCUT2D eigenvalue weighted by Gasteiger charge is 2.25. The Kier molecular flexibility index (Phi) is 4.09. The fourth-order valence-electron chi connectivity index (χ4n) is 2.22. The summed E-state index contributed by atoms with van der Waals surface area (Å²) in [4.78, 5) is 12.0. The molecule has 18 heavy (non-hydrogen) atoms. The van der Waals surface area contributed by atoms with E-state index in [1.165, 1.54) is 18.2 Å². The van der Waals surface area contributed by atoms with E-state index in [0.29, 0.717) is 11.4 Å². The maximum absolute atomic E-state index is 12.0. The van der Waals surface area contributed by atoms with E-state index in [1.807, 2.05) is 0 Å². The van der Waals surface area contributed by atoms with Crippen LogP contribution in [0.3, 0.4) is 0 Å². The number of amides is 1. The molecule has 0 spiro atoms. The summed E-state index contributed by atoms with van der Waals surface area (Å²) in [5, 5.41) is 22.5. The summed E-state index contributed by atoms with van der Waals surface area (Å²) >= 11 is 5.79. The molecule has 1 saturated carbocycles. The number of rotatable bonds is 2. The Hall–Kier alpha value is -1.26. The number of aromatic hydroxyl groups is 1. The molecule has 0 aromatic heterocycles. The molecule has 2 atom stereocenters. The Morgan fingerprint density at radius 3 is 2.78 bits per heavy atom. The summed E-state index contributed by atoms with van der Waals surface area (Å²) in [6.07, 6.45) is 2.92. The smallest absolute Gasteiger partial charge is 0.255 e. The molecule has 1 aliphatic carbocycles. The molecular formula is C13H16ClNO3. The van der Waals surface area contributed by atoms with Crippen LogP contribution < -0.4 is 5.32 Å². The van der Waals surface area contributed by atoms with Crippen molar-refractivity contribution in [2.45, 2.75) is 37.8 Å². The van der Waals surface area contributed by atoms with E-state index in [-0.39, 0.29) is 17.4 Å². The lowest BCUT2D eigenvalue weighted by Gasteiger charge is -2.28. The largest absolute Gasteiger partial charge is 0.507 e. The zero-order valence-corrected chi connectivity index (χ0v) is 10.7. The molecule has 5 heteroatoms. The number of aliphatic hydroxyl groups is 1. The van der Waals surface area contributed by atoms with E-state index >= 15 is 0 Å². The Morgan fingerprint density at radius 1 is 1.33 bits per heavy atom. The number of hydrogen-bond donors (Lipinski definition) is 3. The van der Waals surface area contributed by atoms with E-state index < -0.39 is 12.0 Å². The lowest BCUT2D eigenvalue weighted by molar-refractivity contribution is 0.0715. The van der Waals surface area contributed by atoms with Crippen LogP contribution in [-0.4, -0.2) is 28.3 Å². The van der Waals surface area contributed by atoms with Gasteiger partial charge in [-0.1, -0.05) is 24.4 Å². The van der Waals surface area contributed by atoms with Gasteiger partial charge in [-0.15, -0.1) is 0 Å². The van der Waals surface area contributed by atoms with Crippen LogP contribution in [0.2, 0.25) is 5.02 Å². The standard InChI is InChI=1S/C13H16ClNO3/c14-8-5-6-11(16)9(7-8)13(18)15-10-3-1-2-4-12(10)17/h5-7,10,12,16-17H,1-4H2,(H,15,18)/t10-,12-/m1/s1. The number of carbonyl (C=O) groups is 1. The van der Waals surface area contributed by atoms with Gasteiger partial charge < -0.3 is 15.5 Å². The molecule has 2 rings (SSSR count). The second-order valence-corrected chi connectivity index (χ2v) is 5.03. The van der Waals surface area contributed by atoms with Gasteiger partial charge in [0.1, 0.15) is 5.75 Å². The molecule has 1 aromatic rings. The van der Waals surface area contributed by atoms with Crippen LogP contribution in [0.1, 0.15) is 36.0 Å². The predicted molar refractivity (Wildman–Crippen MR) is 68.8 cm³/mol. The first-order valence-corrected chi connectivity index (χ1v) is 6.43. The normalized spacial score (nSPS) is 23.7. The zero-order chi connectivity index (χ0) is 13.1. The summed E-state index contributed by atoms with van der Waals surface area (Å²) in [6.45, 7) is 0. The third-order valence-corrected chi connectivity index (χ3v) is 3.48. The van der Waals surface area contributed by atoms with Crippen LogP contribution >= 0.6 is 11.6 Å². The first-order valence-electron chi connectivity index (χ1n) is 6.05. The van der Waals surface area contributed by atoms with Gasteiger partial charge in [0, 0.05) is 5.02 Å². The summed E-state index contributed by atoms with van der Waals surface area (Å²) in [5.41, 5.74) is 0.139. The first kappa shape index (κ1) is 13.2. The van der Waals surface area contributed by atoms with Crippen LogP contribution in [-0.2, 0) is 0 Å². The fourth-order valence-corrected chi connectivity index (χ4v) is 2.39. The molecule has 1 amide bonds. The minimum Gasteiger partial charge on any atom is -0.507 e. The molecule has 0 saturated heterocycles. The van der Waals surface area contributed by atoms with Gasteiger partial charge >= 0.3 is 0 Å². The average molecular weight is 270 g/mol. The van der Waals surface area contributed by atoms with Gasteiger partial charge in [0.15, 0.2) is 0 Å². The minimum absolute atomic E-state index is 0.109. The molecule has 1 fully saturated rings. The lowest BCUT2D eigenvalue weighted by atomic mass is 9.92. The lowest BCUT2D eigenvalue weighted by Crippen LogP contribution is -2.45. The van der Waals surface area contributed by atoms with Crippen LogP contribution in [0.25, 0.3) is 0 Å². The van der Waals surface area contributed by atoms with Gasteiger partial charge in [0.2, 0.25) is 0 Å². The van der Waals surface area contributed by atoms with Crippen LogP contribution in [0.5, 0.6) is 5.75 Å². The van der Waals surface area contributed by atoms with Crippen LogP contribution in [0.15, 0.2) is 18.2 Å². The molecule has 0 unspecified atom stereocenters. The van der Waals surface area contributed by atoms with Crippen molar-refractivity contribution in [3.63, 3.8) is 0 Å². The van der Waals surface area contributed by atoms with E-state index in [0.717, 1.165) is 19.3 Å². The Morgan fingerprint density at radius 2 is 2.06 bits per heavy atom. The van der Waals surface area contributed by atoms with E-state index in [4.69, 9.17) is 11.6 Å². The first-order chi connectivity index (χ1) is 8.58. The van der Waals surface area contributed by atoms with Crippen molar-refractivity contribution in [3.05, 3.63) is 28.8 Å². The van der Waals surface area contributed by atoms with Crippen molar-refractivity contribution in [2.75, 3.05) is 0 Å². The molecule has 4 nitrogen and oxygen atoms in total. The number of halogens is 1. The van der Waals surface area contributed by atoms with Gasteiger partial charge in [-0.3, -0.25) is 4.79 Å². The number of hydrogen-bond acceptors (Lipinski definition) is 3. The van der Waals surface area contributed by atoms with Crippen molar-refractivity contribution in [1.29, 1.82) is 0 Å². The molecule has 3 N–H and O–H groups in total. The minimum atomic E-state index is -0.510. The highest BCUT2D eigenvalue weighted by atomic mass is 35.5. The van der Waals surface area contributed by atoms with Gasteiger partial charge in [0.05, 0.1) is 17.7 Å². The maximum Gasteiger partial charge on any atom is 0.255 e. The van der Waals surface area contributed by atoms with Crippen molar-refractivity contribution < 1.29 is 15.0 Å². The van der Waals surface area contributed by atoms with Crippen molar-refractivity contribution >= 4 is 17.5 Å². The van der Waals surface area contributed by atoms with Gasteiger partial charge in [0.25, 0.3) is 5.91 Å². The third-order valence-electron chi connectivity index (χ3n) is 3.25. The van der Waals surface area contributed by atoms with Crippen molar-refractivity contribution in [1.82, 2.24) is 5.32 Å². The monoisotopic (exact) mass is 269 g/mol. The topological polar surface area (TPSA) is 69.6 Å². The maximum atomic E-state index is 12.0. The second kappa shape index (κ2) is 5.59. The fraction of sp³-hybridized carbons (Fsp3) is 0.462. The number of nitrogens with one attached hydrogen (secondary N) is 1. The van der Waals surface area contributed by atoms with Crippen LogP contribution in [0, 0.1) is 0 Å².